The molecule has 21 heavy (non-hydrogen) atoms. The molecule has 0 amide bonds. The largest absolute Gasteiger partial charge is 0.392 e. The minimum atomic E-state index is -0.661. The Balaban J connectivity index is 2.46. The predicted octanol–water partition coefficient (Wildman–Crippen LogP) is 3.30. The van der Waals surface area contributed by atoms with Gasteiger partial charge in [0.1, 0.15) is 5.82 Å². The molecule has 0 fully saturated rings. The second-order valence-corrected chi connectivity index (χ2v) is 5.72. The van der Waals surface area contributed by atoms with Crippen molar-refractivity contribution in [3.63, 3.8) is 0 Å². The Hall–Kier alpha value is -1.42. The Bertz CT molecular complexity index is 603. The van der Waals surface area contributed by atoms with Crippen LogP contribution >= 0.6 is 11.6 Å². The number of halogens is 2. The molecule has 0 heterocycles. The molecule has 2 unspecified atom stereocenters. The highest BCUT2D eigenvalue weighted by molar-refractivity contribution is 6.31. The van der Waals surface area contributed by atoms with E-state index in [0.717, 1.165) is 11.1 Å². The normalized spacial score (nSPS) is 15.5. The summed E-state index contributed by atoms with van der Waals surface area (Å²) < 4.78 is 13.2. The van der Waals surface area contributed by atoms with E-state index in [1.807, 2.05) is 30.3 Å². The molecule has 0 spiro atoms. The van der Waals surface area contributed by atoms with Crippen molar-refractivity contribution in [2.24, 2.45) is 5.73 Å². The highest BCUT2D eigenvalue weighted by Gasteiger charge is 2.36. The second-order valence-electron chi connectivity index (χ2n) is 5.31. The van der Waals surface area contributed by atoms with Gasteiger partial charge in [0.2, 0.25) is 0 Å². The van der Waals surface area contributed by atoms with Crippen molar-refractivity contribution in [2.45, 2.75) is 24.9 Å². The molecule has 0 aliphatic heterocycles. The summed E-state index contributed by atoms with van der Waals surface area (Å²) in [6.07, 6.45) is -0.212. The van der Waals surface area contributed by atoms with E-state index in [9.17, 15) is 9.50 Å². The van der Waals surface area contributed by atoms with Crippen LogP contribution in [0.5, 0.6) is 0 Å². The van der Waals surface area contributed by atoms with Crippen molar-refractivity contribution in [1.82, 2.24) is 0 Å². The van der Waals surface area contributed by atoms with Crippen LogP contribution in [0.2, 0.25) is 5.02 Å². The Morgan fingerprint density at radius 3 is 2.43 bits per heavy atom. The molecule has 2 rings (SSSR count). The molecule has 0 aliphatic rings. The predicted molar refractivity (Wildman–Crippen MR) is 84.0 cm³/mol. The average molecular weight is 308 g/mol. The van der Waals surface area contributed by atoms with Gasteiger partial charge >= 0.3 is 0 Å². The molecular weight excluding hydrogens is 289 g/mol. The summed E-state index contributed by atoms with van der Waals surface area (Å²) in [5.74, 6) is -0.376. The SMILES string of the molecule is CC(O)C(CN)(Cc1ccc(F)cc1Cl)c1ccccc1. The van der Waals surface area contributed by atoms with Crippen LogP contribution in [-0.2, 0) is 11.8 Å². The summed E-state index contributed by atoms with van der Waals surface area (Å²) in [7, 11) is 0. The zero-order valence-electron chi connectivity index (χ0n) is 11.9. The van der Waals surface area contributed by atoms with Gasteiger partial charge < -0.3 is 10.8 Å². The zero-order valence-corrected chi connectivity index (χ0v) is 12.6. The van der Waals surface area contributed by atoms with Crippen molar-refractivity contribution in [2.75, 3.05) is 6.54 Å². The summed E-state index contributed by atoms with van der Waals surface area (Å²) in [5, 5.41) is 10.7. The summed E-state index contributed by atoms with van der Waals surface area (Å²) in [4.78, 5) is 0. The topological polar surface area (TPSA) is 46.2 Å². The molecule has 0 aliphatic carbocycles. The second kappa shape index (κ2) is 6.56. The van der Waals surface area contributed by atoms with Gasteiger partial charge in [-0.05, 0) is 36.6 Å². The first kappa shape index (κ1) is 16.0. The molecule has 2 atom stereocenters. The Morgan fingerprint density at radius 2 is 1.90 bits per heavy atom. The maximum atomic E-state index is 13.2. The summed E-state index contributed by atoms with van der Waals surface area (Å²) in [5.41, 5.74) is 7.06. The fraction of sp³-hybridized carbons (Fsp3) is 0.294. The molecular formula is C17H19ClFNO. The molecule has 3 N–H and O–H groups in total. The number of nitrogens with two attached hydrogens (primary N) is 1. The van der Waals surface area contributed by atoms with Gasteiger partial charge in [-0.25, -0.2) is 4.39 Å². The summed E-state index contributed by atoms with van der Waals surface area (Å²) in [6.45, 7) is 1.99. The first-order valence-corrected chi connectivity index (χ1v) is 7.25. The third-order valence-corrected chi connectivity index (χ3v) is 4.39. The highest BCUT2D eigenvalue weighted by atomic mass is 35.5. The Labute approximate surface area is 129 Å². The van der Waals surface area contributed by atoms with E-state index < -0.39 is 11.5 Å². The van der Waals surface area contributed by atoms with Crippen molar-refractivity contribution in [1.29, 1.82) is 0 Å². The van der Waals surface area contributed by atoms with E-state index in [4.69, 9.17) is 17.3 Å². The van der Waals surface area contributed by atoms with Gasteiger partial charge in [0, 0.05) is 17.0 Å². The molecule has 0 aromatic heterocycles. The van der Waals surface area contributed by atoms with Gasteiger partial charge in [-0.2, -0.15) is 0 Å². The smallest absolute Gasteiger partial charge is 0.124 e. The van der Waals surface area contributed by atoms with Gasteiger partial charge in [-0.1, -0.05) is 48.0 Å². The van der Waals surface area contributed by atoms with Crippen molar-refractivity contribution >= 4 is 11.6 Å². The molecule has 2 nitrogen and oxygen atoms in total. The van der Waals surface area contributed by atoms with E-state index >= 15 is 0 Å². The maximum Gasteiger partial charge on any atom is 0.124 e. The fourth-order valence-corrected chi connectivity index (χ4v) is 2.86. The highest BCUT2D eigenvalue weighted by Crippen LogP contribution is 2.33. The van der Waals surface area contributed by atoms with Crippen LogP contribution in [0.1, 0.15) is 18.1 Å². The lowest BCUT2D eigenvalue weighted by atomic mass is 9.72. The lowest BCUT2D eigenvalue weighted by molar-refractivity contribution is 0.100. The molecule has 0 saturated carbocycles. The Kier molecular flexibility index (Phi) is 4.99. The van der Waals surface area contributed by atoms with Gasteiger partial charge in [0.05, 0.1) is 6.10 Å². The van der Waals surface area contributed by atoms with E-state index in [1.165, 1.54) is 12.1 Å². The van der Waals surface area contributed by atoms with Gasteiger partial charge in [-0.3, -0.25) is 0 Å². The van der Waals surface area contributed by atoms with Gasteiger partial charge in [0.25, 0.3) is 0 Å². The van der Waals surface area contributed by atoms with Crippen molar-refractivity contribution < 1.29 is 9.50 Å². The van der Waals surface area contributed by atoms with Crippen LogP contribution in [0.4, 0.5) is 4.39 Å². The van der Waals surface area contributed by atoms with Gasteiger partial charge in [0.15, 0.2) is 0 Å². The third kappa shape index (κ3) is 3.26. The first-order chi connectivity index (χ1) is 9.99. The van der Waals surface area contributed by atoms with Crippen LogP contribution in [0.3, 0.4) is 0 Å². The van der Waals surface area contributed by atoms with Crippen molar-refractivity contribution in [3.05, 3.63) is 70.5 Å². The van der Waals surface area contributed by atoms with Crippen LogP contribution in [0.15, 0.2) is 48.5 Å². The lowest BCUT2D eigenvalue weighted by Crippen LogP contribution is -2.46. The number of hydrogen-bond donors (Lipinski definition) is 2. The van der Waals surface area contributed by atoms with E-state index in [0.29, 0.717) is 11.4 Å². The van der Waals surface area contributed by atoms with Gasteiger partial charge in [-0.15, -0.1) is 0 Å². The summed E-state index contributed by atoms with van der Waals surface area (Å²) in [6, 6.07) is 13.9. The van der Waals surface area contributed by atoms with E-state index in [2.05, 4.69) is 0 Å². The molecule has 112 valence electrons. The monoisotopic (exact) mass is 307 g/mol. The molecule has 0 radical (unpaired) electrons. The fourth-order valence-electron chi connectivity index (χ4n) is 2.63. The third-order valence-electron chi connectivity index (χ3n) is 4.03. The molecule has 2 aromatic rings. The first-order valence-electron chi connectivity index (χ1n) is 6.87. The molecule has 4 heteroatoms. The lowest BCUT2D eigenvalue weighted by Gasteiger charge is -2.36. The molecule has 0 bridgehead atoms. The van der Waals surface area contributed by atoms with Crippen LogP contribution in [0.25, 0.3) is 0 Å². The number of aliphatic hydroxyl groups is 1. The molecule has 0 saturated heterocycles. The van der Waals surface area contributed by atoms with E-state index in [1.54, 1.807) is 13.0 Å². The van der Waals surface area contributed by atoms with E-state index in [-0.39, 0.29) is 12.4 Å². The standard InChI is InChI=1S/C17H19ClFNO/c1-12(21)17(11-20,14-5-3-2-4-6-14)10-13-7-8-15(19)9-16(13)18/h2-9,12,21H,10-11,20H2,1H3. The summed E-state index contributed by atoms with van der Waals surface area (Å²) >= 11 is 6.12. The number of benzene rings is 2. The maximum absolute atomic E-state index is 13.2. The van der Waals surface area contributed by atoms with Crippen LogP contribution in [0, 0.1) is 5.82 Å². The number of aliphatic hydroxyl groups excluding tert-OH is 1. The quantitative estimate of drug-likeness (QED) is 0.890. The molecule has 2 aromatic carbocycles. The van der Waals surface area contributed by atoms with Crippen LogP contribution in [-0.4, -0.2) is 17.8 Å². The number of hydrogen-bond acceptors (Lipinski definition) is 2. The average Bonchev–Trinajstić information content (AvgIpc) is 2.47. The minimum Gasteiger partial charge on any atom is -0.392 e. The zero-order chi connectivity index (χ0) is 15.5. The number of rotatable bonds is 5. The van der Waals surface area contributed by atoms with Crippen molar-refractivity contribution in [3.8, 4) is 0 Å². The Morgan fingerprint density at radius 1 is 1.24 bits per heavy atom. The minimum absolute atomic E-state index is 0.266. The van der Waals surface area contributed by atoms with Crippen LogP contribution < -0.4 is 5.73 Å².